The van der Waals surface area contributed by atoms with Crippen molar-refractivity contribution in [3.05, 3.63) is 29.8 Å². The average molecular weight is 387 g/mol. The highest BCUT2D eigenvalue weighted by Gasteiger charge is 2.20. The van der Waals surface area contributed by atoms with Crippen LogP contribution in [0.5, 0.6) is 0 Å². The second kappa shape index (κ2) is 4.13. The van der Waals surface area contributed by atoms with Gasteiger partial charge in [-0.2, -0.15) is 0 Å². The molecular formula is C9H11I2N. The number of benzene rings is 1. The van der Waals surface area contributed by atoms with E-state index in [1.165, 1.54) is 11.3 Å². The summed E-state index contributed by atoms with van der Waals surface area (Å²) in [5, 5.41) is 3.19. The molecule has 0 bridgehead atoms. The van der Waals surface area contributed by atoms with Gasteiger partial charge in [0.25, 0.3) is 0 Å². The first-order valence-electron chi connectivity index (χ1n) is 3.71. The Morgan fingerprint density at radius 3 is 2.25 bits per heavy atom. The minimum atomic E-state index is 0.162. The van der Waals surface area contributed by atoms with E-state index in [2.05, 4.69) is 75.6 Å². The molecule has 0 spiro atoms. The van der Waals surface area contributed by atoms with Gasteiger partial charge in [0, 0.05) is 18.3 Å². The molecule has 0 amide bonds. The van der Waals surface area contributed by atoms with E-state index in [9.17, 15) is 0 Å². The molecule has 0 heterocycles. The van der Waals surface area contributed by atoms with E-state index in [0.29, 0.717) is 0 Å². The third-order valence-corrected chi connectivity index (χ3v) is 2.83. The Morgan fingerprint density at radius 1 is 1.25 bits per heavy atom. The van der Waals surface area contributed by atoms with Crippen molar-refractivity contribution < 1.29 is 0 Å². The number of hydrogen-bond donors (Lipinski definition) is 1. The first kappa shape index (κ1) is 10.6. The number of para-hydroxylation sites is 1. The minimum absolute atomic E-state index is 0.162. The summed E-state index contributed by atoms with van der Waals surface area (Å²) in [6, 6.07) is 8.38. The Balaban J connectivity index is 3.14. The molecule has 0 aliphatic carbocycles. The summed E-state index contributed by atoms with van der Waals surface area (Å²) in [6.45, 7) is 2.20. The summed E-state index contributed by atoms with van der Waals surface area (Å²) in [7, 11) is 1.96. The van der Waals surface area contributed by atoms with Gasteiger partial charge in [-0.25, -0.2) is 0 Å². The van der Waals surface area contributed by atoms with Crippen molar-refractivity contribution in [1.29, 1.82) is 0 Å². The van der Waals surface area contributed by atoms with E-state index < -0.39 is 0 Å². The fourth-order valence-corrected chi connectivity index (χ4v) is 2.02. The third kappa shape index (κ3) is 2.48. The molecule has 0 unspecified atom stereocenters. The van der Waals surface area contributed by atoms with Gasteiger partial charge in [-0.1, -0.05) is 63.4 Å². The van der Waals surface area contributed by atoms with E-state index >= 15 is 0 Å². The molecule has 0 aliphatic rings. The SMILES string of the molecule is CNc1ccccc1C(C)(I)I. The number of nitrogens with one attached hydrogen (secondary N) is 1. The number of hydrogen-bond acceptors (Lipinski definition) is 1. The predicted octanol–water partition coefficient (Wildman–Crippen LogP) is 3.77. The quantitative estimate of drug-likeness (QED) is 0.602. The van der Waals surface area contributed by atoms with Crippen LogP contribution in [0.4, 0.5) is 5.69 Å². The van der Waals surface area contributed by atoms with Crippen LogP contribution in [0.1, 0.15) is 12.5 Å². The van der Waals surface area contributed by atoms with Crippen molar-refractivity contribution in [2.24, 2.45) is 0 Å². The lowest BCUT2D eigenvalue weighted by atomic mass is 10.1. The Morgan fingerprint density at radius 2 is 1.83 bits per heavy atom. The Bertz CT molecular complexity index is 265. The summed E-state index contributed by atoms with van der Waals surface area (Å²) in [6.07, 6.45) is 0. The molecule has 0 saturated heterocycles. The van der Waals surface area contributed by atoms with Crippen LogP contribution in [0.3, 0.4) is 0 Å². The highest BCUT2D eigenvalue weighted by molar-refractivity contribution is 14.2. The second-order valence-electron chi connectivity index (χ2n) is 2.68. The largest absolute Gasteiger partial charge is 0.388 e. The van der Waals surface area contributed by atoms with Crippen molar-refractivity contribution in [1.82, 2.24) is 0 Å². The van der Waals surface area contributed by atoms with Crippen LogP contribution in [-0.4, -0.2) is 7.05 Å². The predicted molar refractivity (Wildman–Crippen MR) is 71.4 cm³/mol. The van der Waals surface area contributed by atoms with Crippen LogP contribution in [0.25, 0.3) is 0 Å². The van der Waals surface area contributed by atoms with Crippen LogP contribution >= 0.6 is 45.2 Å². The standard InChI is InChI=1S/C9H11I2N/c1-9(10,11)7-5-3-4-6-8(7)12-2/h3-6,12H,1-2H3. The lowest BCUT2D eigenvalue weighted by molar-refractivity contribution is 1.11. The normalized spacial score (nSPS) is 11.3. The van der Waals surface area contributed by atoms with Crippen LogP contribution in [-0.2, 0) is 1.43 Å². The molecular weight excluding hydrogens is 376 g/mol. The summed E-state index contributed by atoms with van der Waals surface area (Å²) >= 11 is 4.88. The summed E-state index contributed by atoms with van der Waals surface area (Å²) in [4.78, 5) is 0. The summed E-state index contributed by atoms with van der Waals surface area (Å²) in [5.41, 5.74) is 2.55. The third-order valence-electron chi connectivity index (χ3n) is 1.67. The lowest BCUT2D eigenvalue weighted by Crippen LogP contribution is -2.05. The molecule has 0 radical (unpaired) electrons. The van der Waals surface area contributed by atoms with Gasteiger partial charge in [-0.15, -0.1) is 0 Å². The molecule has 1 aromatic rings. The molecule has 3 heteroatoms. The molecule has 1 nitrogen and oxygen atoms in total. The van der Waals surface area contributed by atoms with Crippen molar-refractivity contribution in [2.75, 3.05) is 12.4 Å². The van der Waals surface area contributed by atoms with Gasteiger partial charge in [0.1, 0.15) is 0 Å². The van der Waals surface area contributed by atoms with Crippen molar-refractivity contribution >= 4 is 50.9 Å². The van der Waals surface area contributed by atoms with Gasteiger partial charge in [-0.3, -0.25) is 0 Å². The van der Waals surface area contributed by atoms with Crippen LogP contribution in [0, 0.1) is 0 Å². The maximum Gasteiger partial charge on any atom is 0.0973 e. The molecule has 0 atom stereocenters. The Labute approximate surface area is 101 Å². The molecule has 1 rings (SSSR count). The van der Waals surface area contributed by atoms with Crippen molar-refractivity contribution in [3.8, 4) is 0 Å². The van der Waals surface area contributed by atoms with Gasteiger partial charge in [-0.05, 0) is 13.0 Å². The molecule has 1 aromatic carbocycles. The van der Waals surface area contributed by atoms with Crippen LogP contribution < -0.4 is 5.32 Å². The minimum Gasteiger partial charge on any atom is -0.388 e. The molecule has 0 aromatic heterocycles. The van der Waals surface area contributed by atoms with Gasteiger partial charge < -0.3 is 5.32 Å². The van der Waals surface area contributed by atoms with E-state index in [-0.39, 0.29) is 1.43 Å². The number of rotatable bonds is 2. The maximum absolute atomic E-state index is 3.19. The van der Waals surface area contributed by atoms with Gasteiger partial charge in [0.2, 0.25) is 0 Å². The molecule has 1 N–H and O–H groups in total. The van der Waals surface area contributed by atoms with Crippen LogP contribution in [0.15, 0.2) is 24.3 Å². The molecule has 12 heavy (non-hydrogen) atoms. The van der Waals surface area contributed by atoms with E-state index in [4.69, 9.17) is 0 Å². The maximum atomic E-state index is 3.19. The zero-order valence-corrected chi connectivity index (χ0v) is 11.4. The molecule has 0 saturated carbocycles. The molecule has 66 valence electrons. The first-order chi connectivity index (χ1) is 5.55. The van der Waals surface area contributed by atoms with Crippen LogP contribution in [0.2, 0.25) is 0 Å². The highest BCUT2D eigenvalue weighted by atomic mass is 127. The Kier molecular flexibility index (Phi) is 3.63. The fraction of sp³-hybridized carbons (Fsp3) is 0.333. The van der Waals surface area contributed by atoms with Crippen molar-refractivity contribution in [3.63, 3.8) is 0 Å². The molecule has 0 fully saturated rings. The average Bonchev–Trinajstić information content (AvgIpc) is 2.03. The fourth-order valence-electron chi connectivity index (χ4n) is 1.08. The first-order valence-corrected chi connectivity index (χ1v) is 5.86. The topological polar surface area (TPSA) is 12.0 Å². The summed E-state index contributed by atoms with van der Waals surface area (Å²) in [5.74, 6) is 0. The van der Waals surface area contributed by atoms with E-state index in [1.54, 1.807) is 0 Å². The number of halogens is 2. The second-order valence-corrected chi connectivity index (χ2v) is 9.06. The molecule has 0 aliphatic heterocycles. The highest BCUT2D eigenvalue weighted by Crippen LogP contribution is 2.41. The van der Waals surface area contributed by atoms with E-state index in [0.717, 1.165) is 0 Å². The number of alkyl halides is 2. The van der Waals surface area contributed by atoms with Crippen molar-refractivity contribution in [2.45, 2.75) is 8.35 Å². The smallest absolute Gasteiger partial charge is 0.0973 e. The zero-order chi connectivity index (χ0) is 9.19. The van der Waals surface area contributed by atoms with Gasteiger partial charge in [0.05, 0.1) is 1.43 Å². The van der Waals surface area contributed by atoms with Gasteiger partial charge in [0.15, 0.2) is 0 Å². The zero-order valence-electron chi connectivity index (χ0n) is 7.07. The monoisotopic (exact) mass is 387 g/mol. The summed E-state index contributed by atoms with van der Waals surface area (Å²) < 4.78 is 0.162. The lowest BCUT2D eigenvalue weighted by Gasteiger charge is -2.18. The number of anilines is 1. The van der Waals surface area contributed by atoms with Gasteiger partial charge >= 0.3 is 0 Å². The van der Waals surface area contributed by atoms with E-state index in [1.807, 2.05) is 13.1 Å². The Hall–Kier alpha value is 0.480.